The van der Waals surface area contributed by atoms with Gasteiger partial charge in [-0.1, -0.05) is 25.7 Å². The lowest BCUT2D eigenvalue weighted by atomic mass is 10.1. The Bertz CT molecular complexity index is 2800. The van der Waals surface area contributed by atoms with Crippen LogP contribution in [0.3, 0.4) is 0 Å². The number of anilines is 2. The molecule has 4 aromatic rings. The van der Waals surface area contributed by atoms with Gasteiger partial charge in [0.2, 0.25) is 21.3 Å². The Hall–Kier alpha value is -3.82. The Morgan fingerprint density at radius 2 is 1.14 bits per heavy atom. The fraction of sp³-hybridized carbons (Fsp3) is 0.674. The summed E-state index contributed by atoms with van der Waals surface area (Å²) in [5.74, 6) is -1.90. The van der Waals surface area contributed by atoms with Crippen molar-refractivity contribution in [3.63, 3.8) is 0 Å². The smallest absolute Gasteiger partial charge is 0.361 e. The summed E-state index contributed by atoms with van der Waals surface area (Å²) in [6.45, 7) is -9.78. The number of esters is 1. The van der Waals surface area contributed by atoms with Crippen molar-refractivity contribution in [1.29, 1.82) is 0 Å². The molecule has 2 saturated carbocycles. The maximum atomic E-state index is 13.0. The van der Waals surface area contributed by atoms with Crippen molar-refractivity contribution in [2.75, 3.05) is 70.3 Å². The van der Waals surface area contributed by atoms with Gasteiger partial charge in [-0.15, -0.1) is 10.2 Å². The molecular weight excluding hydrogens is 1110 g/mol. The number of fused-ring (bicyclic) bond motifs is 2. The number of ether oxygens (including phenoxy) is 8. The van der Waals surface area contributed by atoms with Crippen molar-refractivity contribution in [3.8, 4) is 0 Å². The number of aliphatic carboxylic acids is 1. The highest BCUT2D eigenvalue weighted by atomic mass is 35.5. The van der Waals surface area contributed by atoms with Crippen LogP contribution >= 0.6 is 38.4 Å². The zero-order valence-electron chi connectivity index (χ0n) is 40.8. The second-order valence-corrected chi connectivity index (χ2v) is 23.5. The Kier molecular flexibility index (Phi) is 19.2. The highest BCUT2D eigenvalue weighted by molar-refractivity contribution is 7.53. The number of carboxylic acid groups (broad SMARTS) is 1. The van der Waals surface area contributed by atoms with E-state index in [1.165, 1.54) is 15.1 Å². The molecule has 2 aliphatic heterocycles. The van der Waals surface area contributed by atoms with Gasteiger partial charge in [0.15, 0.2) is 18.4 Å². The van der Waals surface area contributed by atoms with Crippen molar-refractivity contribution in [3.05, 3.63) is 46.2 Å². The Balaban J connectivity index is 0.913. The third kappa shape index (κ3) is 13.2. The second-order valence-electron chi connectivity index (χ2n) is 19.0. The molecule has 12 N–H and O–H groups in total. The lowest BCUT2D eigenvalue weighted by molar-refractivity contribution is -0.180. The minimum Gasteiger partial charge on any atom is -0.480 e. The average Bonchev–Trinajstić information content (AvgIpc) is 4.26. The number of aliphatic hydroxyl groups excluding tert-OH is 5. The molecule has 2 unspecified atom stereocenters. The van der Waals surface area contributed by atoms with Gasteiger partial charge in [-0.05, 0) is 73.2 Å². The van der Waals surface area contributed by atoms with E-state index in [-0.39, 0.29) is 34.0 Å². The fourth-order valence-electron chi connectivity index (χ4n) is 9.68. The number of carbonyl (C=O) groups excluding carboxylic acids is 1. The predicted molar refractivity (Wildman–Crippen MR) is 262 cm³/mol. The number of hydrogen-bond donors (Lipinski definition) is 12. The van der Waals surface area contributed by atoms with Crippen LogP contribution in [0.2, 0.25) is 10.6 Å². The molecule has 10 atom stereocenters. The van der Waals surface area contributed by atoms with Gasteiger partial charge >= 0.3 is 27.1 Å². The van der Waals surface area contributed by atoms with Gasteiger partial charge in [-0.25, -0.2) is 18.6 Å². The van der Waals surface area contributed by atoms with Gasteiger partial charge in [0.25, 0.3) is 0 Å². The molecule has 34 heteroatoms. The summed E-state index contributed by atoms with van der Waals surface area (Å²) < 4.78 is 72.5. The van der Waals surface area contributed by atoms with Crippen LogP contribution in [0.1, 0.15) is 75.0 Å². The molecule has 77 heavy (non-hydrogen) atoms. The molecule has 0 aromatic carbocycles. The number of carboxylic acids is 1. The fourth-order valence-corrected chi connectivity index (χ4v) is 11.4. The molecule has 8 rings (SSSR count). The maximum absolute atomic E-state index is 13.0. The van der Waals surface area contributed by atoms with E-state index in [2.05, 4.69) is 30.8 Å². The Labute approximate surface area is 447 Å². The van der Waals surface area contributed by atoms with Gasteiger partial charge in [0.1, 0.15) is 73.1 Å². The van der Waals surface area contributed by atoms with Crippen LogP contribution in [0.15, 0.2) is 24.3 Å². The third-order valence-corrected chi connectivity index (χ3v) is 17.1. The van der Waals surface area contributed by atoms with E-state index in [0.717, 1.165) is 51.4 Å². The number of nitrogens with zero attached hydrogens (tertiary/aromatic N) is 6. The Morgan fingerprint density at radius 1 is 0.688 bits per heavy atom. The zero-order valence-corrected chi connectivity index (χ0v) is 44.1. The molecule has 2 aliphatic carbocycles. The lowest BCUT2D eigenvalue weighted by Gasteiger charge is -2.33. The van der Waals surface area contributed by atoms with E-state index < -0.39 is 146 Å². The normalized spacial score (nSPS) is 26.2. The van der Waals surface area contributed by atoms with Crippen molar-refractivity contribution >= 4 is 73.0 Å². The minimum absolute atomic E-state index is 0.102. The van der Waals surface area contributed by atoms with Crippen LogP contribution in [0.4, 0.5) is 11.6 Å². The molecule has 4 fully saturated rings. The summed E-state index contributed by atoms with van der Waals surface area (Å²) >= 11 is 12.6. The SMILES string of the molecule is O=C(O)COCC(CO)(OC[C@H]1O[C@@H](c2ccc3c(NC4CCCC4)nc(Cl)nn23)[C@H](O)[C@@H]1OCOC(=O)COCC(CO)(OC[C@H]1O[C@@H](c2ccc3c(NC4CCCC4)nc(Cl)nn23)[C@H](O)[C@@H]1O)P(=O)(O)O)P(=O)(O)O. The van der Waals surface area contributed by atoms with Crippen molar-refractivity contribution in [1.82, 2.24) is 29.2 Å². The first kappa shape index (κ1) is 59.3. The van der Waals surface area contributed by atoms with Crippen LogP contribution in [-0.4, -0.2) is 210 Å². The van der Waals surface area contributed by atoms with Gasteiger partial charge in [-0.2, -0.15) is 9.97 Å². The van der Waals surface area contributed by atoms with Crippen LogP contribution in [0.5, 0.6) is 0 Å². The second kappa shape index (κ2) is 24.9. The standard InChI is InChI=1S/C43H60Cl2N8O22P2/c44-40-48-38(46-22-5-1-2-6-22)26-11-9-24(52(26)50-40)35-33(60)32(59)28(74-35)13-72-43(18-55,77(65,66)67)20-69-16-31(58)70-21-71-37-29(14-73-42(17-54,76(62,63)64)19-68-15-30(56)57)75-36(34(37)61)25-10-12-27-39(47-23-7-3-4-8-23)49-41(45)51-53(25)27/h9-12,22-23,28-29,32-37,54-55,59-61H,1-8,13-21H2,(H,56,57)(H,46,48,50)(H,47,49,51)(H2,62,63,64)(H2,65,66,67)/t28-,29-,32-,33-,34+,35+,36+,37-,42?,43?/m1/s1. The van der Waals surface area contributed by atoms with E-state index in [1.54, 1.807) is 18.2 Å². The van der Waals surface area contributed by atoms with Gasteiger partial charge in [0, 0.05) is 12.1 Å². The van der Waals surface area contributed by atoms with Crippen molar-refractivity contribution < 1.29 is 107 Å². The minimum atomic E-state index is -5.51. The first-order chi connectivity index (χ1) is 36.6. The molecule has 428 valence electrons. The molecule has 6 heterocycles. The van der Waals surface area contributed by atoms with E-state index in [9.17, 15) is 63.8 Å². The highest BCUT2D eigenvalue weighted by Crippen LogP contribution is 2.53. The van der Waals surface area contributed by atoms with Gasteiger partial charge < -0.3 is 98.7 Å². The number of rotatable bonds is 27. The van der Waals surface area contributed by atoms with Crippen LogP contribution < -0.4 is 10.6 Å². The van der Waals surface area contributed by atoms with Crippen molar-refractivity contribution in [2.45, 2.75) is 123 Å². The monoisotopic (exact) mass is 1170 g/mol. The highest BCUT2D eigenvalue weighted by Gasteiger charge is 2.54. The summed E-state index contributed by atoms with van der Waals surface area (Å²) in [5.41, 5.74) is 1.36. The summed E-state index contributed by atoms with van der Waals surface area (Å²) in [4.78, 5) is 74.0. The summed E-state index contributed by atoms with van der Waals surface area (Å²) in [6.07, 6.45) is -4.42. The van der Waals surface area contributed by atoms with Gasteiger partial charge in [0.05, 0.1) is 51.0 Å². The number of halogens is 2. The molecule has 2 saturated heterocycles. The average molecular weight is 1170 g/mol. The molecule has 0 amide bonds. The van der Waals surface area contributed by atoms with E-state index in [0.29, 0.717) is 22.7 Å². The Morgan fingerprint density at radius 3 is 1.61 bits per heavy atom. The topological polar surface area (TPSA) is 429 Å². The lowest BCUT2D eigenvalue weighted by Crippen LogP contribution is -2.46. The predicted octanol–water partition coefficient (Wildman–Crippen LogP) is 0.220. The first-order valence-electron chi connectivity index (χ1n) is 24.3. The van der Waals surface area contributed by atoms with Crippen LogP contribution in [0, 0.1) is 0 Å². The van der Waals surface area contributed by atoms with E-state index >= 15 is 0 Å². The van der Waals surface area contributed by atoms with E-state index in [4.69, 9.17) is 66.2 Å². The number of nitrogens with one attached hydrogen (secondary N) is 2. The molecule has 4 aromatic heterocycles. The molecule has 0 spiro atoms. The molecule has 30 nitrogen and oxygen atoms in total. The molecule has 0 radical (unpaired) electrons. The summed E-state index contributed by atoms with van der Waals surface area (Å²) in [7, 11) is -11.0. The summed E-state index contributed by atoms with van der Waals surface area (Å²) in [5, 5.41) is 72.7. The van der Waals surface area contributed by atoms with E-state index in [1.807, 2.05) is 0 Å². The van der Waals surface area contributed by atoms with Gasteiger partial charge in [-0.3, -0.25) is 9.13 Å². The largest absolute Gasteiger partial charge is 0.480 e. The molecule has 0 bridgehead atoms. The van der Waals surface area contributed by atoms with Crippen LogP contribution in [0.25, 0.3) is 11.0 Å². The maximum Gasteiger partial charge on any atom is 0.361 e. The number of aromatic nitrogens is 6. The molecule has 4 aliphatic rings. The number of hydrogen-bond acceptors (Lipinski definition) is 23. The summed E-state index contributed by atoms with van der Waals surface area (Å²) in [6, 6.07) is 6.67. The molecular formula is C43H60Cl2N8O22P2. The quantitative estimate of drug-likeness (QED) is 0.0216. The number of aliphatic hydroxyl groups is 5. The third-order valence-electron chi connectivity index (χ3n) is 13.9. The first-order valence-corrected chi connectivity index (χ1v) is 28.3. The number of carbonyl (C=O) groups is 2. The zero-order chi connectivity index (χ0) is 55.5. The van der Waals surface area contributed by atoms with Crippen LogP contribution in [-0.2, 0) is 56.6 Å². The van der Waals surface area contributed by atoms with Crippen molar-refractivity contribution in [2.24, 2.45) is 0 Å².